The van der Waals surface area contributed by atoms with Crippen LogP contribution >= 0.6 is 11.3 Å². The lowest BCUT2D eigenvalue weighted by molar-refractivity contribution is 0.480. The molecule has 2 atom stereocenters. The van der Waals surface area contributed by atoms with Gasteiger partial charge in [-0.3, -0.25) is 9.89 Å². The summed E-state index contributed by atoms with van der Waals surface area (Å²) < 4.78 is 0.671. The SMILES string of the molecule is Cc1[nH]ncc1-c1cc2nc(C3NCCC3C)[nH]c(=O)c2s1. The molecule has 4 heterocycles. The zero-order valence-corrected chi connectivity index (χ0v) is 13.3. The van der Waals surface area contributed by atoms with Crippen molar-refractivity contribution in [2.45, 2.75) is 26.3 Å². The number of nitrogens with zero attached hydrogens (tertiary/aromatic N) is 2. The molecule has 3 aromatic heterocycles. The Kier molecular flexibility index (Phi) is 3.12. The van der Waals surface area contributed by atoms with E-state index in [-0.39, 0.29) is 11.6 Å². The predicted molar refractivity (Wildman–Crippen MR) is 87.1 cm³/mol. The molecule has 3 N–H and O–H groups in total. The highest BCUT2D eigenvalue weighted by molar-refractivity contribution is 7.22. The molecule has 0 aliphatic carbocycles. The van der Waals surface area contributed by atoms with Crippen LogP contribution in [0, 0.1) is 12.8 Å². The quantitative estimate of drug-likeness (QED) is 0.677. The van der Waals surface area contributed by atoms with Crippen LogP contribution in [0.15, 0.2) is 17.1 Å². The summed E-state index contributed by atoms with van der Waals surface area (Å²) in [6.07, 6.45) is 2.89. The molecule has 2 unspecified atom stereocenters. The van der Waals surface area contributed by atoms with Gasteiger partial charge >= 0.3 is 0 Å². The van der Waals surface area contributed by atoms with Gasteiger partial charge in [0.15, 0.2) is 0 Å². The summed E-state index contributed by atoms with van der Waals surface area (Å²) in [7, 11) is 0. The van der Waals surface area contributed by atoms with Crippen molar-refractivity contribution in [3.8, 4) is 10.4 Å². The fourth-order valence-corrected chi connectivity index (χ4v) is 4.10. The standard InChI is InChI=1S/C15H17N5OS/c1-7-3-4-16-12(7)14-18-10-5-11(9-6-17-20-8(9)2)22-13(10)15(21)19-14/h5-7,12,16H,3-4H2,1-2H3,(H,17,20)(H,18,19,21). The van der Waals surface area contributed by atoms with Crippen LogP contribution < -0.4 is 10.9 Å². The maximum Gasteiger partial charge on any atom is 0.268 e. The monoisotopic (exact) mass is 315 g/mol. The number of aryl methyl sites for hydroxylation is 1. The Morgan fingerprint density at radius 3 is 2.95 bits per heavy atom. The molecule has 3 aromatic rings. The molecule has 4 rings (SSSR count). The summed E-state index contributed by atoms with van der Waals surface area (Å²) in [5, 5.41) is 10.4. The number of fused-ring (bicyclic) bond motifs is 1. The van der Waals surface area contributed by atoms with E-state index in [0.717, 1.165) is 40.4 Å². The third-order valence-corrected chi connectivity index (χ3v) is 5.48. The highest BCUT2D eigenvalue weighted by Crippen LogP contribution is 2.33. The van der Waals surface area contributed by atoms with Gasteiger partial charge in [0.05, 0.1) is 17.8 Å². The molecular formula is C15H17N5OS. The number of thiophene rings is 1. The summed E-state index contributed by atoms with van der Waals surface area (Å²) in [5.41, 5.74) is 2.73. The van der Waals surface area contributed by atoms with Crippen LogP contribution in [0.2, 0.25) is 0 Å². The van der Waals surface area contributed by atoms with E-state index in [0.29, 0.717) is 10.6 Å². The Morgan fingerprint density at radius 2 is 2.27 bits per heavy atom. The number of H-pyrrole nitrogens is 2. The minimum absolute atomic E-state index is 0.0571. The fourth-order valence-electron chi connectivity index (χ4n) is 3.04. The summed E-state index contributed by atoms with van der Waals surface area (Å²) in [5.74, 6) is 1.23. The van der Waals surface area contributed by atoms with Crippen LogP contribution in [-0.4, -0.2) is 26.7 Å². The number of aromatic nitrogens is 4. The van der Waals surface area contributed by atoms with Gasteiger partial charge in [-0.25, -0.2) is 4.98 Å². The van der Waals surface area contributed by atoms with Gasteiger partial charge in [-0.2, -0.15) is 5.10 Å². The summed E-state index contributed by atoms with van der Waals surface area (Å²) in [6.45, 7) is 5.12. The van der Waals surface area contributed by atoms with E-state index in [9.17, 15) is 4.79 Å². The zero-order valence-electron chi connectivity index (χ0n) is 12.4. The molecule has 1 saturated heterocycles. The van der Waals surface area contributed by atoms with Gasteiger partial charge in [-0.05, 0) is 31.9 Å². The third kappa shape index (κ3) is 2.08. The molecule has 1 aliphatic rings. The molecule has 0 amide bonds. The van der Waals surface area contributed by atoms with Crippen molar-refractivity contribution in [2.24, 2.45) is 5.92 Å². The highest BCUT2D eigenvalue weighted by atomic mass is 32.1. The van der Waals surface area contributed by atoms with Gasteiger partial charge in [0.2, 0.25) is 0 Å². The van der Waals surface area contributed by atoms with Crippen molar-refractivity contribution in [1.82, 2.24) is 25.5 Å². The summed E-state index contributed by atoms with van der Waals surface area (Å²) in [6, 6.07) is 2.12. The second kappa shape index (κ2) is 5.03. The van der Waals surface area contributed by atoms with Crippen LogP contribution in [0.1, 0.15) is 30.9 Å². The van der Waals surface area contributed by atoms with Gasteiger partial charge in [0.25, 0.3) is 5.56 Å². The highest BCUT2D eigenvalue weighted by Gasteiger charge is 2.27. The lowest BCUT2D eigenvalue weighted by Crippen LogP contribution is -2.22. The summed E-state index contributed by atoms with van der Waals surface area (Å²) >= 11 is 1.46. The van der Waals surface area contributed by atoms with Gasteiger partial charge in [-0.15, -0.1) is 11.3 Å². The Labute approximate surface area is 131 Å². The van der Waals surface area contributed by atoms with Crippen molar-refractivity contribution in [3.05, 3.63) is 34.1 Å². The first kappa shape index (κ1) is 13.7. The second-order valence-electron chi connectivity index (χ2n) is 5.88. The maximum absolute atomic E-state index is 12.4. The van der Waals surface area contributed by atoms with E-state index >= 15 is 0 Å². The van der Waals surface area contributed by atoms with E-state index in [1.165, 1.54) is 11.3 Å². The van der Waals surface area contributed by atoms with Crippen LogP contribution in [-0.2, 0) is 0 Å². The molecule has 0 bridgehead atoms. The first-order chi connectivity index (χ1) is 10.6. The van der Waals surface area contributed by atoms with Crippen molar-refractivity contribution in [1.29, 1.82) is 0 Å². The molecule has 0 radical (unpaired) electrons. The Bertz CT molecular complexity index is 893. The van der Waals surface area contributed by atoms with Gasteiger partial charge in [-0.1, -0.05) is 6.92 Å². The molecule has 7 heteroatoms. The maximum atomic E-state index is 12.4. The van der Waals surface area contributed by atoms with Crippen LogP contribution in [0.3, 0.4) is 0 Å². The number of aromatic amines is 2. The summed E-state index contributed by atoms with van der Waals surface area (Å²) in [4.78, 5) is 21.1. The van der Waals surface area contributed by atoms with E-state index in [1.54, 1.807) is 6.20 Å². The minimum atomic E-state index is -0.0571. The Balaban J connectivity index is 1.85. The minimum Gasteiger partial charge on any atom is -0.308 e. The number of nitrogens with one attached hydrogen (secondary N) is 3. The van der Waals surface area contributed by atoms with Crippen molar-refractivity contribution in [2.75, 3.05) is 6.54 Å². The number of hydrogen-bond acceptors (Lipinski definition) is 5. The van der Waals surface area contributed by atoms with Crippen LogP contribution in [0.4, 0.5) is 0 Å². The van der Waals surface area contributed by atoms with Crippen molar-refractivity contribution >= 4 is 21.6 Å². The van der Waals surface area contributed by atoms with E-state index in [1.807, 2.05) is 13.0 Å². The van der Waals surface area contributed by atoms with Crippen LogP contribution in [0.25, 0.3) is 20.7 Å². The second-order valence-corrected chi connectivity index (χ2v) is 6.93. The average molecular weight is 315 g/mol. The topological polar surface area (TPSA) is 86.5 Å². The van der Waals surface area contributed by atoms with Gasteiger partial charge in [0.1, 0.15) is 10.5 Å². The molecule has 1 fully saturated rings. The molecule has 0 spiro atoms. The lowest BCUT2D eigenvalue weighted by atomic mass is 10.0. The number of hydrogen-bond donors (Lipinski definition) is 3. The zero-order chi connectivity index (χ0) is 15.3. The lowest BCUT2D eigenvalue weighted by Gasteiger charge is -2.14. The van der Waals surface area contributed by atoms with E-state index in [2.05, 4.69) is 27.4 Å². The molecule has 6 nitrogen and oxygen atoms in total. The number of rotatable bonds is 2. The third-order valence-electron chi connectivity index (χ3n) is 4.32. The van der Waals surface area contributed by atoms with Crippen LogP contribution in [0.5, 0.6) is 0 Å². The van der Waals surface area contributed by atoms with E-state index in [4.69, 9.17) is 4.98 Å². The first-order valence-corrected chi connectivity index (χ1v) is 8.22. The Hall–Kier alpha value is -1.99. The van der Waals surface area contributed by atoms with E-state index < -0.39 is 0 Å². The molecule has 0 aromatic carbocycles. The molecule has 114 valence electrons. The van der Waals surface area contributed by atoms with Crippen molar-refractivity contribution in [3.63, 3.8) is 0 Å². The fraction of sp³-hybridized carbons (Fsp3) is 0.400. The molecule has 22 heavy (non-hydrogen) atoms. The average Bonchev–Trinajstić information content (AvgIpc) is 3.17. The predicted octanol–water partition coefficient (Wildman–Crippen LogP) is 2.35. The van der Waals surface area contributed by atoms with Gasteiger partial charge in [0, 0.05) is 16.1 Å². The Morgan fingerprint density at radius 1 is 1.41 bits per heavy atom. The molecule has 0 saturated carbocycles. The molecule has 1 aliphatic heterocycles. The smallest absolute Gasteiger partial charge is 0.268 e. The normalized spacial score (nSPS) is 21.7. The molecular weight excluding hydrogens is 298 g/mol. The van der Waals surface area contributed by atoms with Crippen molar-refractivity contribution < 1.29 is 0 Å². The largest absolute Gasteiger partial charge is 0.308 e. The first-order valence-electron chi connectivity index (χ1n) is 7.41. The van der Waals surface area contributed by atoms with Gasteiger partial charge < -0.3 is 10.3 Å².